The zero-order chi connectivity index (χ0) is 18.9. The van der Waals surface area contributed by atoms with E-state index in [1.807, 2.05) is 45.9 Å². The minimum absolute atomic E-state index is 0.0406. The first-order chi connectivity index (χ1) is 11.1. The third kappa shape index (κ3) is 5.87. The van der Waals surface area contributed by atoms with Gasteiger partial charge in [-0.2, -0.15) is 0 Å². The lowest BCUT2D eigenvalue weighted by Crippen LogP contribution is -2.56. The van der Waals surface area contributed by atoms with Gasteiger partial charge in [0.1, 0.15) is 11.3 Å². The Kier molecular flexibility index (Phi) is 9.11. The SMILES string of the molecule is CCC(C)C(C)(NC(C)=O)C(=O)OC.COc1c(C)cccc1C. The molecule has 0 radical (unpaired) electrons. The second-order valence-corrected chi connectivity index (χ2v) is 6.11. The maximum Gasteiger partial charge on any atom is 0.331 e. The molecule has 5 heteroatoms. The minimum Gasteiger partial charge on any atom is -0.496 e. The van der Waals surface area contributed by atoms with Gasteiger partial charge in [0.05, 0.1) is 14.2 Å². The molecule has 24 heavy (non-hydrogen) atoms. The summed E-state index contributed by atoms with van der Waals surface area (Å²) in [6.07, 6.45) is 0.798. The Balaban J connectivity index is 0.000000463. The monoisotopic (exact) mass is 337 g/mol. The van der Waals surface area contributed by atoms with Gasteiger partial charge in [0, 0.05) is 6.92 Å². The molecular formula is C19H31NO4. The van der Waals surface area contributed by atoms with Crippen LogP contribution in [0.5, 0.6) is 5.75 Å². The molecular weight excluding hydrogens is 306 g/mol. The Morgan fingerprint density at radius 2 is 1.71 bits per heavy atom. The summed E-state index contributed by atoms with van der Waals surface area (Å²) in [5, 5.41) is 2.64. The van der Waals surface area contributed by atoms with Gasteiger partial charge >= 0.3 is 5.97 Å². The van der Waals surface area contributed by atoms with E-state index in [4.69, 9.17) is 4.74 Å². The van der Waals surface area contributed by atoms with Gasteiger partial charge in [0.15, 0.2) is 0 Å². The molecule has 136 valence electrons. The molecule has 0 aromatic heterocycles. The number of carbonyl (C=O) groups is 2. The van der Waals surface area contributed by atoms with E-state index in [0.717, 1.165) is 12.2 Å². The largest absolute Gasteiger partial charge is 0.496 e. The maximum absolute atomic E-state index is 11.5. The van der Waals surface area contributed by atoms with Crippen molar-refractivity contribution in [2.45, 2.75) is 53.5 Å². The van der Waals surface area contributed by atoms with Crippen molar-refractivity contribution in [2.24, 2.45) is 5.92 Å². The topological polar surface area (TPSA) is 64.6 Å². The predicted molar refractivity (Wildman–Crippen MR) is 96.2 cm³/mol. The van der Waals surface area contributed by atoms with Crippen molar-refractivity contribution in [1.82, 2.24) is 5.32 Å². The first-order valence-corrected chi connectivity index (χ1v) is 8.11. The number of carbonyl (C=O) groups excluding carboxylic acids is 2. The summed E-state index contributed by atoms with van der Waals surface area (Å²) in [6, 6.07) is 6.13. The normalized spacial score (nSPS) is 13.7. The average Bonchev–Trinajstić information content (AvgIpc) is 2.53. The van der Waals surface area contributed by atoms with Gasteiger partial charge in [-0.15, -0.1) is 0 Å². The summed E-state index contributed by atoms with van der Waals surface area (Å²) in [7, 11) is 3.03. The number of hydrogen-bond donors (Lipinski definition) is 1. The van der Waals surface area contributed by atoms with Crippen LogP contribution >= 0.6 is 0 Å². The zero-order valence-electron chi connectivity index (χ0n) is 16.1. The third-order valence-electron chi connectivity index (χ3n) is 4.26. The van der Waals surface area contributed by atoms with Crippen LogP contribution in [0.25, 0.3) is 0 Å². The number of amides is 1. The number of esters is 1. The van der Waals surface area contributed by atoms with E-state index in [2.05, 4.69) is 10.1 Å². The number of nitrogens with one attached hydrogen (secondary N) is 1. The van der Waals surface area contributed by atoms with Crippen molar-refractivity contribution in [3.8, 4) is 5.75 Å². The highest BCUT2D eigenvalue weighted by atomic mass is 16.5. The van der Waals surface area contributed by atoms with E-state index < -0.39 is 11.5 Å². The molecule has 2 unspecified atom stereocenters. The second kappa shape index (κ2) is 9.96. The molecule has 0 aliphatic heterocycles. The molecule has 0 bridgehead atoms. The molecule has 1 aromatic rings. The van der Waals surface area contributed by atoms with Crippen LogP contribution in [0.4, 0.5) is 0 Å². The molecule has 0 saturated carbocycles. The molecule has 1 aromatic carbocycles. The van der Waals surface area contributed by atoms with E-state index in [1.54, 1.807) is 14.0 Å². The molecule has 0 aliphatic rings. The fourth-order valence-corrected chi connectivity index (χ4v) is 2.48. The van der Waals surface area contributed by atoms with Crippen LogP contribution in [0.3, 0.4) is 0 Å². The lowest BCUT2D eigenvalue weighted by Gasteiger charge is -2.32. The van der Waals surface area contributed by atoms with Crippen LogP contribution in [0.2, 0.25) is 0 Å². The van der Waals surface area contributed by atoms with Crippen molar-refractivity contribution in [1.29, 1.82) is 0 Å². The summed E-state index contributed by atoms with van der Waals surface area (Å²) in [5.41, 5.74) is 1.47. The van der Waals surface area contributed by atoms with E-state index in [-0.39, 0.29) is 11.8 Å². The number of aryl methyl sites for hydroxylation is 2. The molecule has 2 atom stereocenters. The molecule has 0 saturated heterocycles. The molecule has 5 nitrogen and oxygen atoms in total. The van der Waals surface area contributed by atoms with Crippen LogP contribution in [0.1, 0.15) is 45.2 Å². The van der Waals surface area contributed by atoms with E-state index in [9.17, 15) is 9.59 Å². The summed E-state index contributed by atoms with van der Waals surface area (Å²) in [5.74, 6) is 0.418. The van der Waals surface area contributed by atoms with Crippen LogP contribution in [0, 0.1) is 19.8 Å². The zero-order valence-corrected chi connectivity index (χ0v) is 16.1. The summed E-state index contributed by atoms with van der Waals surface area (Å²) in [6.45, 7) is 11.1. The highest BCUT2D eigenvalue weighted by Crippen LogP contribution is 2.22. The second-order valence-electron chi connectivity index (χ2n) is 6.11. The summed E-state index contributed by atoms with van der Waals surface area (Å²) < 4.78 is 9.86. The summed E-state index contributed by atoms with van der Waals surface area (Å²) >= 11 is 0. The standard InChI is InChI=1S/C10H19NO3.C9H12O/c1-6-7(2)10(4,9(13)14-5)11-8(3)12;1-7-5-4-6-8(2)9(7)10-3/h7H,6H2,1-5H3,(H,11,12);4-6H,1-3H3. The maximum atomic E-state index is 11.5. The van der Waals surface area contributed by atoms with Crippen molar-refractivity contribution in [3.05, 3.63) is 29.3 Å². The van der Waals surface area contributed by atoms with Gasteiger partial charge in [-0.3, -0.25) is 4.79 Å². The quantitative estimate of drug-likeness (QED) is 0.836. The Morgan fingerprint density at radius 1 is 1.21 bits per heavy atom. The van der Waals surface area contributed by atoms with Crippen molar-refractivity contribution in [3.63, 3.8) is 0 Å². The number of methoxy groups -OCH3 is 2. The van der Waals surface area contributed by atoms with Gasteiger partial charge in [0.25, 0.3) is 0 Å². The van der Waals surface area contributed by atoms with Crippen molar-refractivity contribution < 1.29 is 19.1 Å². The van der Waals surface area contributed by atoms with Gasteiger partial charge in [-0.25, -0.2) is 4.79 Å². The van der Waals surface area contributed by atoms with Crippen molar-refractivity contribution in [2.75, 3.05) is 14.2 Å². The van der Waals surface area contributed by atoms with E-state index >= 15 is 0 Å². The molecule has 0 spiro atoms. The summed E-state index contributed by atoms with van der Waals surface area (Å²) in [4.78, 5) is 22.5. The fourth-order valence-electron chi connectivity index (χ4n) is 2.48. The van der Waals surface area contributed by atoms with E-state index in [0.29, 0.717) is 0 Å². The van der Waals surface area contributed by atoms with Crippen LogP contribution in [-0.2, 0) is 14.3 Å². The van der Waals surface area contributed by atoms with Gasteiger partial charge < -0.3 is 14.8 Å². The highest BCUT2D eigenvalue weighted by molar-refractivity contribution is 5.87. The number of para-hydroxylation sites is 1. The average molecular weight is 337 g/mol. The number of rotatable bonds is 5. The Bertz CT molecular complexity index is 536. The first kappa shape index (κ1) is 22.0. The molecule has 0 fully saturated rings. The van der Waals surface area contributed by atoms with Crippen molar-refractivity contribution >= 4 is 11.9 Å². The first-order valence-electron chi connectivity index (χ1n) is 8.11. The number of benzene rings is 1. The Labute approximate surface area is 145 Å². The lowest BCUT2D eigenvalue weighted by molar-refractivity contribution is -0.152. The molecule has 1 amide bonds. The molecule has 1 N–H and O–H groups in total. The molecule has 0 aliphatic carbocycles. The Hall–Kier alpha value is -2.04. The minimum atomic E-state index is -0.921. The molecule has 1 rings (SSSR count). The van der Waals surface area contributed by atoms with Crippen LogP contribution in [-0.4, -0.2) is 31.6 Å². The lowest BCUT2D eigenvalue weighted by atomic mass is 9.85. The van der Waals surface area contributed by atoms with Crippen LogP contribution < -0.4 is 10.1 Å². The Morgan fingerprint density at radius 3 is 2.00 bits per heavy atom. The van der Waals surface area contributed by atoms with Gasteiger partial charge in [-0.1, -0.05) is 38.5 Å². The van der Waals surface area contributed by atoms with E-state index in [1.165, 1.54) is 25.2 Å². The highest BCUT2D eigenvalue weighted by Gasteiger charge is 2.39. The van der Waals surface area contributed by atoms with Crippen LogP contribution in [0.15, 0.2) is 18.2 Å². The van der Waals surface area contributed by atoms with Gasteiger partial charge in [0.2, 0.25) is 5.91 Å². The predicted octanol–water partition coefficient (Wildman–Crippen LogP) is 3.41. The van der Waals surface area contributed by atoms with Gasteiger partial charge in [-0.05, 0) is 37.8 Å². The molecule has 0 heterocycles. The smallest absolute Gasteiger partial charge is 0.331 e. The number of ether oxygens (including phenoxy) is 2. The third-order valence-corrected chi connectivity index (χ3v) is 4.26. The fraction of sp³-hybridized carbons (Fsp3) is 0.579. The number of hydrogen-bond acceptors (Lipinski definition) is 4.